The number of ether oxygens (including phenoxy) is 1. The second-order valence-electron chi connectivity index (χ2n) is 6.73. The van der Waals surface area contributed by atoms with E-state index in [4.69, 9.17) is 4.74 Å². The van der Waals surface area contributed by atoms with Crippen molar-refractivity contribution in [3.05, 3.63) is 62.7 Å². The number of anilines is 1. The highest BCUT2D eigenvalue weighted by atomic mass is 127. The molecule has 1 amide bonds. The van der Waals surface area contributed by atoms with Crippen molar-refractivity contribution < 1.29 is 14.3 Å². The third kappa shape index (κ3) is 5.06. The van der Waals surface area contributed by atoms with Crippen molar-refractivity contribution in [2.45, 2.75) is 39.5 Å². The molecule has 0 aliphatic rings. The van der Waals surface area contributed by atoms with Gasteiger partial charge in [-0.25, -0.2) is 4.79 Å². The van der Waals surface area contributed by atoms with Gasteiger partial charge in [-0.3, -0.25) is 4.79 Å². The molecule has 2 aromatic rings. The lowest BCUT2D eigenvalue weighted by molar-refractivity contribution is -0.119. The number of esters is 1. The smallest absolute Gasteiger partial charge is 0.339 e. The van der Waals surface area contributed by atoms with E-state index >= 15 is 0 Å². The van der Waals surface area contributed by atoms with Gasteiger partial charge in [-0.15, -0.1) is 0 Å². The Morgan fingerprint density at radius 3 is 2.08 bits per heavy atom. The Labute approximate surface area is 168 Å². The van der Waals surface area contributed by atoms with Crippen LogP contribution in [0.15, 0.2) is 42.5 Å². The molecule has 0 aliphatic carbocycles. The van der Waals surface area contributed by atoms with Gasteiger partial charge in [0.25, 0.3) is 5.91 Å². The molecule has 0 radical (unpaired) electrons. The van der Waals surface area contributed by atoms with Crippen LogP contribution in [0.25, 0.3) is 0 Å². The fourth-order valence-electron chi connectivity index (χ4n) is 2.71. The predicted octanol–water partition coefficient (Wildman–Crippen LogP) is 5.33. The number of halogens is 1. The first-order chi connectivity index (χ1) is 12.3. The van der Waals surface area contributed by atoms with Crippen LogP contribution >= 0.6 is 22.6 Å². The van der Waals surface area contributed by atoms with Crippen LogP contribution in [0.4, 0.5) is 5.69 Å². The third-order valence-electron chi connectivity index (χ3n) is 4.07. The normalized spacial score (nSPS) is 10.9. The average molecular weight is 465 g/mol. The molecule has 2 rings (SSSR count). The molecule has 0 aromatic heterocycles. The van der Waals surface area contributed by atoms with E-state index < -0.39 is 5.97 Å². The summed E-state index contributed by atoms with van der Waals surface area (Å²) in [6.07, 6.45) is 0. The minimum absolute atomic E-state index is 0.275. The molecule has 0 aliphatic heterocycles. The molecule has 138 valence electrons. The maximum Gasteiger partial charge on any atom is 0.339 e. The van der Waals surface area contributed by atoms with Crippen LogP contribution in [-0.4, -0.2) is 18.5 Å². The molecule has 0 atom stereocenters. The lowest BCUT2D eigenvalue weighted by atomic mass is 9.92. The summed E-state index contributed by atoms with van der Waals surface area (Å²) in [5, 5.41) is 2.95. The zero-order valence-electron chi connectivity index (χ0n) is 15.5. The fraction of sp³-hybridized carbons (Fsp3) is 0.333. The van der Waals surface area contributed by atoms with Gasteiger partial charge in [0.2, 0.25) is 0 Å². The first-order valence-electron chi connectivity index (χ1n) is 8.65. The van der Waals surface area contributed by atoms with Gasteiger partial charge in [0, 0.05) is 9.26 Å². The first-order valence-corrected chi connectivity index (χ1v) is 9.73. The Morgan fingerprint density at radius 2 is 1.54 bits per heavy atom. The summed E-state index contributed by atoms with van der Waals surface area (Å²) in [5.74, 6) is -0.277. The molecule has 26 heavy (non-hydrogen) atoms. The first kappa shape index (κ1) is 20.4. The van der Waals surface area contributed by atoms with Crippen molar-refractivity contribution in [1.29, 1.82) is 0 Å². The molecule has 0 spiro atoms. The molecule has 0 fully saturated rings. The van der Waals surface area contributed by atoms with Crippen LogP contribution in [0.3, 0.4) is 0 Å². The number of hydrogen-bond donors (Lipinski definition) is 1. The molecule has 0 heterocycles. The summed E-state index contributed by atoms with van der Waals surface area (Å²) in [4.78, 5) is 24.6. The Hall–Kier alpha value is -1.89. The van der Waals surface area contributed by atoms with E-state index in [-0.39, 0.29) is 24.3 Å². The van der Waals surface area contributed by atoms with Crippen LogP contribution in [-0.2, 0) is 9.53 Å². The Kier molecular flexibility index (Phi) is 7.20. The number of para-hydroxylation sites is 1. The van der Waals surface area contributed by atoms with E-state index in [0.29, 0.717) is 5.56 Å². The van der Waals surface area contributed by atoms with Gasteiger partial charge in [0.15, 0.2) is 6.61 Å². The molecule has 0 saturated carbocycles. The van der Waals surface area contributed by atoms with E-state index in [9.17, 15) is 9.59 Å². The van der Waals surface area contributed by atoms with Crippen LogP contribution < -0.4 is 5.32 Å². The van der Waals surface area contributed by atoms with Gasteiger partial charge in [0.05, 0.1) is 5.56 Å². The minimum atomic E-state index is -0.494. The Morgan fingerprint density at radius 1 is 0.962 bits per heavy atom. The van der Waals surface area contributed by atoms with E-state index in [2.05, 4.69) is 55.6 Å². The number of carbonyl (C=O) groups excluding carboxylic acids is 2. The summed E-state index contributed by atoms with van der Waals surface area (Å²) in [7, 11) is 0. The van der Waals surface area contributed by atoms with Crippen LogP contribution in [0.2, 0.25) is 0 Å². The topological polar surface area (TPSA) is 55.4 Å². The molecule has 5 heteroatoms. The standard InChI is InChI=1S/C21H24INO3/c1-13(2)15-9-7-10-16(14(3)4)20(15)23-19(24)12-26-21(25)17-8-5-6-11-18(17)22/h5-11,13-14H,12H2,1-4H3,(H,23,24). The Bertz CT molecular complexity index is 773. The van der Waals surface area contributed by atoms with E-state index in [1.165, 1.54) is 0 Å². The van der Waals surface area contributed by atoms with E-state index in [0.717, 1.165) is 20.4 Å². The van der Waals surface area contributed by atoms with Gasteiger partial charge in [-0.05, 0) is 57.7 Å². The lowest BCUT2D eigenvalue weighted by Gasteiger charge is -2.20. The molecule has 0 saturated heterocycles. The monoisotopic (exact) mass is 465 g/mol. The molecule has 1 N–H and O–H groups in total. The summed E-state index contributed by atoms with van der Waals surface area (Å²) >= 11 is 2.07. The van der Waals surface area contributed by atoms with Crippen molar-refractivity contribution >= 4 is 40.2 Å². The highest BCUT2D eigenvalue weighted by molar-refractivity contribution is 14.1. The van der Waals surface area contributed by atoms with Gasteiger partial charge >= 0.3 is 5.97 Å². The number of amides is 1. The van der Waals surface area contributed by atoms with Crippen molar-refractivity contribution in [2.24, 2.45) is 0 Å². The second kappa shape index (κ2) is 9.16. The summed E-state index contributed by atoms with van der Waals surface area (Å²) < 4.78 is 5.98. The molecule has 0 bridgehead atoms. The third-order valence-corrected chi connectivity index (χ3v) is 5.01. The zero-order valence-corrected chi connectivity index (χ0v) is 17.7. The lowest BCUT2D eigenvalue weighted by Crippen LogP contribution is -2.23. The summed E-state index contributed by atoms with van der Waals surface area (Å²) in [5.41, 5.74) is 3.45. The fourth-order valence-corrected chi connectivity index (χ4v) is 3.31. The summed E-state index contributed by atoms with van der Waals surface area (Å²) in [6.45, 7) is 8.05. The van der Waals surface area contributed by atoms with Crippen LogP contribution in [0.5, 0.6) is 0 Å². The van der Waals surface area contributed by atoms with E-state index in [1.54, 1.807) is 12.1 Å². The van der Waals surface area contributed by atoms with Crippen molar-refractivity contribution in [2.75, 3.05) is 11.9 Å². The number of hydrogen-bond acceptors (Lipinski definition) is 3. The van der Waals surface area contributed by atoms with Crippen molar-refractivity contribution in [3.63, 3.8) is 0 Å². The van der Waals surface area contributed by atoms with Gasteiger partial charge in [-0.1, -0.05) is 58.0 Å². The number of nitrogens with one attached hydrogen (secondary N) is 1. The maximum atomic E-state index is 12.4. The van der Waals surface area contributed by atoms with Crippen LogP contribution in [0, 0.1) is 3.57 Å². The number of benzene rings is 2. The minimum Gasteiger partial charge on any atom is -0.452 e. The van der Waals surface area contributed by atoms with E-state index in [1.807, 2.05) is 30.3 Å². The SMILES string of the molecule is CC(C)c1cccc(C(C)C)c1NC(=O)COC(=O)c1ccccc1I. The number of carbonyl (C=O) groups is 2. The number of rotatable bonds is 6. The zero-order chi connectivity index (χ0) is 19.3. The van der Waals surface area contributed by atoms with Gasteiger partial charge < -0.3 is 10.1 Å². The highest BCUT2D eigenvalue weighted by Crippen LogP contribution is 2.32. The highest BCUT2D eigenvalue weighted by Gasteiger charge is 2.17. The molecule has 2 aromatic carbocycles. The Balaban J connectivity index is 2.11. The van der Waals surface area contributed by atoms with Gasteiger partial charge in [0.1, 0.15) is 0 Å². The molecule has 4 nitrogen and oxygen atoms in total. The van der Waals surface area contributed by atoms with Crippen molar-refractivity contribution in [1.82, 2.24) is 0 Å². The summed E-state index contributed by atoms with van der Waals surface area (Å²) in [6, 6.07) is 13.2. The maximum absolute atomic E-state index is 12.4. The second-order valence-corrected chi connectivity index (χ2v) is 7.89. The quantitative estimate of drug-likeness (QED) is 0.463. The molecular weight excluding hydrogens is 441 g/mol. The van der Waals surface area contributed by atoms with Crippen molar-refractivity contribution in [3.8, 4) is 0 Å². The predicted molar refractivity (Wildman–Crippen MR) is 113 cm³/mol. The largest absolute Gasteiger partial charge is 0.452 e. The van der Waals surface area contributed by atoms with Gasteiger partial charge in [-0.2, -0.15) is 0 Å². The molecule has 0 unspecified atom stereocenters. The average Bonchev–Trinajstić information content (AvgIpc) is 2.59. The molecular formula is C21H24INO3. The van der Waals surface area contributed by atoms with Crippen LogP contribution in [0.1, 0.15) is 61.0 Å².